The molecular formula is C18H16BrF4N3O2S. The fraction of sp³-hybridized carbons (Fsp3) is 0.278. The number of aliphatic hydroxyl groups is 1. The van der Waals surface area contributed by atoms with Gasteiger partial charge in [0.15, 0.2) is 11.2 Å². The lowest BCUT2D eigenvalue weighted by Gasteiger charge is -2.34. The van der Waals surface area contributed by atoms with Crippen molar-refractivity contribution in [3.05, 3.63) is 64.1 Å². The van der Waals surface area contributed by atoms with Gasteiger partial charge in [0.2, 0.25) is 0 Å². The third-order valence-corrected chi connectivity index (χ3v) is 4.61. The third-order valence-electron chi connectivity index (χ3n) is 3.97. The van der Waals surface area contributed by atoms with Crippen molar-refractivity contribution in [3.8, 4) is 0 Å². The molecule has 0 aliphatic carbocycles. The fourth-order valence-electron chi connectivity index (χ4n) is 2.56. The van der Waals surface area contributed by atoms with Gasteiger partial charge in [-0.2, -0.15) is 13.2 Å². The SMILES string of the molecule is C[C@@](C[C@H](O)C(F)(F)F)(NC(=S)NC(=O)c1ccccc1)c1nc(Br)ccc1F. The van der Waals surface area contributed by atoms with Crippen LogP contribution in [-0.4, -0.2) is 33.4 Å². The second-order valence-corrected chi connectivity index (χ2v) is 7.55. The Morgan fingerprint density at radius 1 is 1.24 bits per heavy atom. The highest BCUT2D eigenvalue weighted by molar-refractivity contribution is 9.10. The molecule has 0 fully saturated rings. The van der Waals surface area contributed by atoms with Crippen molar-refractivity contribution in [3.63, 3.8) is 0 Å². The molecule has 1 amide bonds. The number of nitrogens with one attached hydrogen (secondary N) is 2. The summed E-state index contributed by atoms with van der Waals surface area (Å²) >= 11 is 8.07. The van der Waals surface area contributed by atoms with Crippen LogP contribution in [0.2, 0.25) is 0 Å². The Labute approximate surface area is 177 Å². The number of benzene rings is 1. The largest absolute Gasteiger partial charge is 0.414 e. The van der Waals surface area contributed by atoms with Crippen LogP contribution in [0.15, 0.2) is 47.1 Å². The van der Waals surface area contributed by atoms with E-state index in [9.17, 15) is 27.5 Å². The maximum atomic E-state index is 14.4. The predicted octanol–water partition coefficient (Wildman–Crippen LogP) is 3.82. The zero-order valence-electron chi connectivity index (χ0n) is 14.9. The molecule has 0 aliphatic heterocycles. The van der Waals surface area contributed by atoms with Crippen LogP contribution in [0.3, 0.4) is 0 Å². The quantitative estimate of drug-likeness (QED) is 0.335. The van der Waals surface area contributed by atoms with Crippen molar-refractivity contribution >= 4 is 39.2 Å². The van der Waals surface area contributed by atoms with Gasteiger partial charge in [-0.05, 0) is 59.3 Å². The normalized spacial score (nSPS) is 14.6. The maximum absolute atomic E-state index is 14.4. The minimum Gasteiger partial charge on any atom is -0.384 e. The smallest absolute Gasteiger partial charge is 0.384 e. The van der Waals surface area contributed by atoms with Crippen LogP contribution in [0.1, 0.15) is 29.4 Å². The van der Waals surface area contributed by atoms with Gasteiger partial charge in [0.05, 0.1) is 5.54 Å². The molecular weight excluding hydrogens is 478 g/mol. The number of aromatic nitrogens is 1. The van der Waals surface area contributed by atoms with Gasteiger partial charge < -0.3 is 10.4 Å². The minimum absolute atomic E-state index is 0.169. The van der Waals surface area contributed by atoms with Crippen molar-refractivity contribution in [1.82, 2.24) is 15.6 Å². The highest BCUT2D eigenvalue weighted by atomic mass is 79.9. The summed E-state index contributed by atoms with van der Waals surface area (Å²) in [7, 11) is 0. The second kappa shape index (κ2) is 9.14. The summed E-state index contributed by atoms with van der Waals surface area (Å²) in [6, 6.07) is 10.3. The van der Waals surface area contributed by atoms with Crippen molar-refractivity contribution < 1.29 is 27.5 Å². The van der Waals surface area contributed by atoms with Crippen molar-refractivity contribution in [2.24, 2.45) is 0 Å². The Morgan fingerprint density at radius 2 is 1.86 bits per heavy atom. The van der Waals surface area contributed by atoms with Crippen LogP contribution in [0.4, 0.5) is 17.6 Å². The van der Waals surface area contributed by atoms with Gasteiger partial charge >= 0.3 is 6.18 Å². The van der Waals surface area contributed by atoms with E-state index >= 15 is 0 Å². The molecule has 2 atom stereocenters. The van der Waals surface area contributed by atoms with E-state index in [2.05, 4.69) is 31.5 Å². The van der Waals surface area contributed by atoms with E-state index in [-0.39, 0.29) is 15.3 Å². The average Bonchev–Trinajstić information content (AvgIpc) is 2.63. The number of amides is 1. The van der Waals surface area contributed by atoms with E-state index in [1.807, 2.05) is 0 Å². The van der Waals surface area contributed by atoms with Crippen molar-refractivity contribution in [2.75, 3.05) is 0 Å². The maximum Gasteiger partial charge on any atom is 0.414 e. The topological polar surface area (TPSA) is 74.2 Å². The summed E-state index contributed by atoms with van der Waals surface area (Å²) in [6.07, 6.45) is -8.73. The van der Waals surface area contributed by atoms with E-state index in [4.69, 9.17) is 12.2 Å². The first-order valence-corrected chi connectivity index (χ1v) is 9.38. The molecule has 1 aromatic carbocycles. The number of hydrogen-bond acceptors (Lipinski definition) is 4. The number of aliphatic hydroxyl groups excluding tert-OH is 1. The number of alkyl halides is 3. The highest BCUT2D eigenvalue weighted by Crippen LogP contribution is 2.33. The first-order chi connectivity index (χ1) is 13.4. The molecule has 29 heavy (non-hydrogen) atoms. The lowest BCUT2D eigenvalue weighted by molar-refractivity contribution is -0.209. The number of carbonyl (C=O) groups is 1. The van der Waals surface area contributed by atoms with Crippen LogP contribution in [0, 0.1) is 5.82 Å². The zero-order valence-corrected chi connectivity index (χ0v) is 17.3. The van der Waals surface area contributed by atoms with E-state index in [1.165, 1.54) is 25.1 Å². The van der Waals surface area contributed by atoms with Crippen molar-refractivity contribution in [2.45, 2.75) is 31.2 Å². The molecule has 2 aromatic rings. The molecule has 1 aromatic heterocycles. The molecule has 0 saturated heterocycles. The van der Waals surface area contributed by atoms with Gasteiger partial charge in [-0.15, -0.1) is 0 Å². The number of rotatable bonds is 5. The number of carbonyl (C=O) groups excluding carboxylic acids is 1. The number of nitrogens with zero attached hydrogens (tertiary/aromatic N) is 1. The Hall–Kier alpha value is -2.11. The van der Waals surface area contributed by atoms with E-state index < -0.39 is 41.7 Å². The molecule has 2 rings (SSSR count). The molecule has 156 valence electrons. The van der Waals surface area contributed by atoms with E-state index in [0.29, 0.717) is 0 Å². The second-order valence-electron chi connectivity index (χ2n) is 6.33. The molecule has 11 heteroatoms. The van der Waals surface area contributed by atoms with Gasteiger partial charge in [0, 0.05) is 12.0 Å². The molecule has 0 spiro atoms. The highest BCUT2D eigenvalue weighted by Gasteiger charge is 2.45. The van der Waals surface area contributed by atoms with Crippen LogP contribution < -0.4 is 10.6 Å². The van der Waals surface area contributed by atoms with E-state index in [0.717, 1.165) is 6.07 Å². The molecule has 0 radical (unpaired) electrons. The summed E-state index contributed by atoms with van der Waals surface area (Å²) in [5.74, 6) is -1.51. The van der Waals surface area contributed by atoms with Gasteiger partial charge in [-0.25, -0.2) is 9.37 Å². The van der Waals surface area contributed by atoms with Gasteiger partial charge in [0.1, 0.15) is 16.1 Å². The first kappa shape index (κ1) is 23.2. The molecule has 3 N–H and O–H groups in total. The molecule has 5 nitrogen and oxygen atoms in total. The zero-order chi connectivity index (χ0) is 21.8. The number of halogens is 5. The molecule has 0 saturated carbocycles. The van der Waals surface area contributed by atoms with Crippen molar-refractivity contribution in [1.29, 1.82) is 0 Å². The number of pyridine rings is 1. The van der Waals surface area contributed by atoms with E-state index in [1.54, 1.807) is 18.2 Å². The number of hydrogen-bond donors (Lipinski definition) is 3. The molecule has 0 aliphatic rings. The Balaban J connectivity index is 2.31. The average molecular weight is 494 g/mol. The minimum atomic E-state index is -4.94. The summed E-state index contributed by atoms with van der Waals surface area (Å²) < 4.78 is 53.4. The van der Waals surface area contributed by atoms with Crippen LogP contribution >= 0.6 is 28.1 Å². The fourth-order valence-corrected chi connectivity index (χ4v) is 3.19. The monoisotopic (exact) mass is 493 g/mol. The van der Waals surface area contributed by atoms with Gasteiger partial charge in [-0.3, -0.25) is 10.1 Å². The van der Waals surface area contributed by atoms with Crippen LogP contribution in [0.5, 0.6) is 0 Å². The van der Waals surface area contributed by atoms with Crippen LogP contribution in [-0.2, 0) is 5.54 Å². The summed E-state index contributed by atoms with van der Waals surface area (Å²) in [6.45, 7) is 1.20. The van der Waals surface area contributed by atoms with Gasteiger partial charge in [-0.1, -0.05) is 18.2 Å². The summed E-state index contributed by atoms with van der Waals surface area (Å²) in [4.78, 5) is 16.1. The Kier molecular flexibility index (Phi) is 7.30. The summed E-state index contributed by atoms with van der Waals surface area (Å²) in [5.41, 5.74) is -2.03. The first-order valence-electron chi connectivity index (χ1n) is 8.18. The molecule has 1 heterocycles. The Morgan fingerprint density at radius 3 is 2.45 bits per heavy atom. The molecule has 0 unspecified atom stereocenters. The summed E-state index contributed by atoms with van der Waals surface area (Å²) in [5, 5.41) is 14.0. The number of thiocarbonyl (C=S) groups is 1. The predicted molar refractivity (Wildman–Crippen MR) is 106 cm³/mol. The standard InChI is InChI=1S/C18H16BrF4N3O2S/c1-17(9-12(27)18(21,22)23,14-11(20)7-8-13(19)24-14)26-16(29)25-15(28)10-5-3-2-4-6-10/h2-8,12,27H,9H2,1H3,(H2,25,26,28,29)/t12-,17-/m0/s1. The lowest BCUT2D eigenvalue weighted by atomic mass is 9.89. The third kappa shape index (κ3) is 6.18. The Bertz CT molecular complexity index is 898. The molecule has 0 bridgehead atoms. The van der Waals surface area contributed by atoms with Gasteiger partial charge in [0.25, 0.3) is 5.91 Å². The lowest BCUT2D eigenvalue weighted by Crippen LogP contribution is -2.53. The van der Waals surface area contributed by atoms with Crippen LogP contribution in [0.25, 0.3) is 0 Å².